The predicted octanol–water partition coefficient (Wildman–Crippen LogP) is 1.71. The second kappa shape index (κ2) is 7.06. The third-order valence-electron chi connectivity index (χ3n) is 4.98. The van der Waals surface area contributed by atoms with Gasteiger partial charge in [-0.2, -0.15) is 5.10 Å². The molecule has 2 N–H and O–H groups in total. The maximum absolute atomic E-state index is 13.3. The number of rotatable bonds is 1. The molecule has 10 heteroatoms. The van der Waals surface area contributed by atoms with Gasteiger partial charge in [0, 0.05) is 37.8 Å². The summed E-state index contributed by atoms with van der Waals surface area (Å²) in [6.45, 7) is 1.11. The Morgan fingerprint density at radius 2 is 2.18 bits per heavy atom. The lowest BCUT2D eigenvalue weighted by molar-refractivity contribution is 0.0702. The Morgan fingerprint density at radius 3 is 2.93 bits per heavy atom. The standard InChI is InChI=1S/C18H19ClFN5O3/c1-23-7-11(26)8-25-16(17(23)27)12-9-24(5-4-15(12)22-25)18(28)21-10-2-3-14(20)13(19)6-10/h2-3,6,11,26H,4-5,7-9H2,1H3,(H,21,28). The normalized spacial score (nSPS) is 19.1. The van der Waals surface area contributed by atoms with Gasteiger partial charge in [0.2, 0.25) is 0 Å². The SMILES string of the molecule is CN1CC(O)Cn2nc3c(c2C1=O)CN(C(=O)Nc1ccc(F)c(Cl)c1)CC3. The van der Waals surface area contributed by atoms with Gasteiger partial charge in [0.15, 0.2) is 0 Å². The molecule has 2 aromatic rings. The molecule has 0 saturated carbocycles. The molecular weight excluding hydrogens is 389 g/mol. The summed E-state index contributed by atoms with van der Waals surface area (Å²) < 4.78 is 14.8. The zero-order chi connectivity index (χ0) is 20.0. The summed E-state index contributed by atoms with van der Waals surface area (Å²) in [6.07, 6.45) is -0.195. The number of nitrogens with one attached hydrogen (secondary N) is 1. The quantitative estimate of drug-likeness (QED) is 0.753. The van der Waals surface area contributed by atoms with E-state index in [1.165, 1.54) is 23.1 Å². The first kappa shape index (κ1) is 18.7. The molecule has 2 aliphatic rings. The minimum atomic E-state index is -0.695. The van der Waals surface area contributed by atoms with Crippen LogP contribution in [0.25, 0.3) is 0 Å². The monoisotopic (exact) mass is 407 g/mol. The van der Waals surface area contributed by atoms with Crippen molar-refractivity contribution in [2.75, 3.05) is 25.5 Å². The minimum Gasteiger partial charge on any atom is -0.389 e. The van der Waals surface area contributed by atoms with E-state index in [0.29, 0.717) is 29.9 Å². The van der Waals surface area contributed by atoms with E-state index in [2.05, 4.69) is 10.4 Å². The molecule has 1 aromatic heterocycles. The zero-order valence-corrected chi connectivity index (χ0v) is 15.9. The summed E-state index contributed by atoms with van der Waals surface area (Å²) in [6, 6.07) is 3.59. The van der Waals surface area contributed by atoms with Gasteiger partial charge in [-0.05, 0) is 18.2 Å². The molecule has 0 spiro atoms. The van der Waals surface area contributed by atoms with Crippen molar-refractivity contribution in [3.8, 4) is 0 Å². The highest BCUT2D eigenvalue weighted by atomic mass is 35.5. The van der Waals surface area contributed by atoms with E-state index in [4.69, 9.17) is 11.6 Å². The van der Waals surface area contributed by atoms with Crippen LogP contribution in [0.5, 0.6) is 0 Å². The molecule has 0 bridgehead atoms. The molecule has 1 atom stereocenters. The van der Waals surface area contributed by atoms with E-state index in [1.807, 2.05) is 0 Å². The number of amides is 3. The van der Waals surface area contributed by atoms with Crippen molar-refractivity contribution < 1.29 is 19.1 Å². The molecule has 2 aliphatic heterocycles. The zero-order valence-electron chi connectivity index (χ0n) is 15.2. The second-order valence-corrected chi connectivity index (χ2v) is 7.43. The molecule has 0 saturated heterocycles. The summed E-state index contributed by atoms with van der Waals surface area (Å²) in [5.74, 6) is -0.785. The van der Waals surface area contributed by atoms with Gasteiger partial charge in [0.1, 0.15) is 11.5 Å². The van der Waals surface area contributed by atoms with Crippen LogP contribution in [0.15, 0.2) is 18.2 Å². The second-order valence-electron chi connectivity index (χ2n) is 7.03. The Kier molecular flexibility index (Phi) is 4.72. The number of nitrogens with zero attached hydrogens (tertiary/aromatic N) is 4. The number of likely N-dealkylation sites (N-methyl/N-ethyl adjacent to an activating group) is 1. The fourth-order valence-electron chi connectivity index (χ4n) is 3.58. The van der Waals surface area contributed by atoms with Gasteiger partial charge in [-0.3, -0.25) is 9.48 Å². The average molecular weight is 408 g/mol. The molecule has 28 heavy (non-hydrogen) atoms. The molecule has 0 radical (unpaired) electrons. The number of fused-ring (bicyclic) bond motifs is 3. The summed E-state index contributed by atoms with van der Waals surface area (Å²) in [7, 11) is 1.63. The first-order valence-corrected chi connectivity index (χ1v) is 9.24. The molecule has 8 nitrogen and oxygen atoms in total. The van der Waals surface area contributed by atoms with E-state index in [0.717, 1.165) is 5.69 Å². The van der Waals surface area contributed by atoms with Crippen LogP contribution in [0, 0.1) is 5.82 Å². The van der Waals surface area contributed by atoms with Crippen molar-refractivity contribution in [1.82, 2.24) is 19.6 Å². The van der Waals surface area contributed by atoms with E-state index in [9.17, 15) is 19.1 Å². The van der Waals surface area contributed by atoms with E-state index in [-0.39, 0.29) is 36.6 Å². The minimum absolute atomic E-state index is 0.0760. The number of urea groups is 1. The molecule has 4 rings (SSSR count). The number of hydrogen-bond donors (Lipinski definition) is 2. The van der Waals surface area contributed by atoms with Crippen LogP contribution in [0.3, 0.4) is 0 Å². The lowest BCUT2D eigenvalue weighted by Gasteiger charge is -2.27. The predicted molar refractivity (Wildman–Crippen MR) is 99.7 cm³/mol. The molecule has 1 aromatic carbocycles. The summed E-state index contributed by atoms with van der Waals surface area (Å²) in [5.41, 5.74) is 2.26. The number of hydrogen-bond acceptors (Lipinski definition) is 4. The Labute approximate surface area is 165 Å². The van der Waals surface area contributed by atoms with Crippen molar-refractivity contribution >= 4 is 29.2 Å². The molecule has 3 amide bonds. The number of carbonyl (C=O) groups is 2. The van der Waals surface area contributed by atoms with E-state index in [1.54, 1.807) is 16.6 Å². The van der Waals surface area contributed by atoms with E-state index >= 15 is 0 Å². The van der Waals surface area contributed by atoms with Gasteiger partial charge in [0.05, 0.1) is 29.9 Å². The number of β-amino-alcohol motifs (C(OH)–C–C–N with tert-alkyl or cyclic N) is 1. The number of aromatic nitrogens is 2. The van der Waals surface area contributed by atoms with Crippen LogP contribution in [0.1, 0.15) is 21.7 Å². The third-order valence-corrected chi connectivity index (χ3v) is 5.27. The van der Waals surface area contributed by atoms with Gasteiger partial charge in [-0.25, -0.2) is 9.18 Å². The largest absolute Gasteiger partial charge is 0.389 e. The van der Waals surface area contributed by atoms with E-state index < -0.39 is 11.9 Å². The van der Waals surface area contributed by atoms with Crippen LogP contribution in [-0.4, -0.2) is 62.9 Å². The number of aliphatic hydroxyl groups is 1. The summed E-state index contributed by atoms with van der Waals surface area (Å²) in [5, 5.41) is 17.2. The molecule has 0 aliphatic carbocycles. The Morgan fingerprint density at radius 1 is 1.39 bits per heavy atom. The molecular formula is C18H19ClFN5O3. The van der Waals surface area contributed by atoms with Gasteiger partial charge < -0.3 is 20.2 Å². The maximum atomic E-state index is 13.3. The van der Waals surface area contributed by atoms with Crippen molar-refractivity contribution in [2.45, 2.75) is 25.6 Å². The van der Waals surface area contributed by atoms with Crippen molar-refractivity contribution in [3.05, 3.63) is 46.0 Å². The Hall–Kier alpha value is -2.65. The lowest BCUT2D eigenvalue weighted by atomic mass is 10.0. The van der Waals surface area contributed by atoms with Crippen LogP contribution in [0.2, 0.25) is 5.02 Å². The van der Waals surface area contributed by atoms with Crippen LogP contribution in [0.4, 0.5) is 14.9 Å². The highest BCUT2D eigenvalue weighted by molar-refractivity contribution is 6.31. The van der Waals surface area contributed by atoms with Gasteiger partial charge >= 0.3 is 6.03 Å². The smallest absolute Gasteiger partial charge is 0.322 e. The van der Waals surface area contributed by atoms with Gasteiger partial charge in [0.25, 0.3) is 5.91 Å². The molecule has 0 fully saturated rings. The fraction of sp³-hybridized carbons (Fsp3) is 0.389. The fourth-order valence-corrected chi connectivity index (χ4v) is 3.77. The number of carbonyl (C=O) groups excluding carboxylic acids is 2. The van der Waals surface area contributed by atoms with Crippen molar-refractivity contribution in [2.24, 2.45) is 0 Å². The van der Waals surface area contributed by atoms with Gasteiger partial charge in [-0.1, -0.05) is 11.6 Å². The highest BCUT2D eigenvalue weighted by Crippen LogP contribution is 2.26. The third kappa shape index (κ3) is 3.31. The first-order chi connectivity index (χ1) is 13.3. The highest BCUT2D eigenvalue weighted by Gasteiger charge is 2.34. The number of halogens is 2. The van der Waals surface area contributed by atoms with Crippen LogP contribution < -0.4 is 5.32 Å². The van der Waals surface area contributed by atoms with Crippen molar-refractivity contribution in [1.29, 1.82) is 0 Å². The maximum Gasteiger partial charge on any atom is 0.322 e. The average Bonchev–Trinajstić information content (AvgIpc) is 2.95. The summed E-state index contributed by atoms with van der Waals surface area (Å²) >= 11 is 5.76. The molecule has 148 valence electrons. The van der Waals surface area contributed by atoms with Crippen LogP contribution in [-0.2, 0) is 19.5 Å². The Balaban J connectivity index is 1.57. The number of benzene rings is 1. The Bertz CT molecular complexity index is 963. The number of anilines is 1. The lowest BCUT2D eigenvalue weighted by Crippen LogP contribution is -2.39. The topological polar surface area (TPSA) is 90.7 Å². The number of aliphatic hydroxyl groups excluding tert-OH is 1. The van der Waals surface area contributed by atoms with Crippen molar-refractivity contribution in [3.63, 3.8) is 0 Å². The van der Waals surface area contributed by atoms with Gasteiger partial charge in [-0.15, -0.1) is 0 Å². The summed E-state index contributed by atoms with van der Waals surface area (Å²) in [4.78, 5) is 28.4. The van der Waals surface area contributed by atoms with Crippen LogP contribution >= 0.6 is 11.6 Å². The molecule has 1 unspecified atom stereocenters. The first-order valence-electron chi connectivity index (χ1n) is 8.86. The molecule has 3 heterocycles.